The summed E-state index contributed by atoms with van der Waals surface area (Å²) in [7, 11) is 0. The normalized spacial score (nSPS) is 10.6. The Kier molecular flexibility index (Phi) is 6.33. The second-order valence-corrected chi connectivity index (χ2v) is 5.95. The van der Waals surface area contributed by atoms with Gasteiger partial charge in [-0.05, 0) is 63.8 Å². The van der Waals surface area contributed by atoms with Gasteiger partial charge in [0.1, 0.15) is 11.3 Å². The van der Waals surface area contributed by atoms with E-state index in [1.165, 1.54) is 5.56 Å². The first kappa shape index (κ1) is 18.7. The molecule has 0 aliphatic heterocycles. The molecule has 0 amide bonds. The lowest BCUT2D eigenvalue weighted by Crippen LogP contribution is -2.14. The van der Waals surface area contributed by atoms with Gasteiger partial charge in [0.05, 0.1) is 18.0 Å². The van der Waals surface area contributed by atoms with Crippen molar-refractivity contribution < 1.29 is 14.6 Å². The van der Waals surface area contributed by atoms with E-state index in [1.54, 1.807) is 32.9 Å². The topological polar surface area (TPSA) is 84.3 Å². The molecule has 2 rings (SSSR count). The van der Waals surface area contributed by atoms with Crippen LogP contribution in [0.2, 0.25) is 0 Å². The molecule has 0 aliphatic rings. The molecule has 1 aromatic heterocycles. The van der Waals surface area contributed by atoms with E-state index in [0.717, 1.165) is 18.4 Å². The number of aromatic nitrogens is 2. The molecule has 0 unspecified atom stereocenters. The number of esters is 1. The lowest BCUT2D eigenvalue weighted by atomic mass is 10.0. The minimum absolute atomic E-state index is 0.290. The van der Waals surface area contributed by atoms with Crippen molar-refractivity contribution in [3.63, 3.8) is 0 Å². The zero-order chi connectivity index (χ0) is 18.4. The molecule has 0 bridgehead atoms. The van der Waals surface area contributed by atoms with Crippen LogP contribution in [0, 0.1) is 20.8 Å². The van der Waals surface area contributed by atoms with Crippen LogP contribution in [-0.4, -0.2) is 34.2 Å². The highest BCUT2D eigenvalue weighted by Crippen LogP contribution is 2.18. The number of aromatic hydroxyl groups is 1. The quantitative estimate of drug-likeness (QED) is 0.592. The molecule has 6 heteroatoms. The number of nitrogens with zero attached hydrogens (tertiary/aromatic N) is 2. The molecule has 2 aromatic rings. The average molecular weight is 343 g/mol. The average Bonchev–Trinajstić information content (AvgIpc) is 2.54. The molecule has 0 spiro atoms. The number of phenols is 1. The number of aryl methyl sites for hydroxylation is 4. The minimum atomic E-state index is -0.386. The predicted molar refractivity (Wildman–Crippen MR) is 97.1 cm³/mol. The van der Waals surface area contributed by atoms with Crippen LogP contribution in [0.25, 0.3) is 0 Å². The van der Waals surface area contributed by atoms with Crippen molar-refractivity contribution in [3.8, 4) is 5.75 Å². The smallest absolute Gasteiger partial charge is 0.341 e. The zero-order valence-corrected chi connectivity index (χ0v) is 15.2. The molecule has 6 nitrogen and oxygen atoms in total. The van der Waals surface area contributed by atoms with Gasteiger partial charge in [-0.2, -0.15) is 0 Å². The highest BCUT2D eigenvalue weighted by Gasteiger charge is 2.16. The van der Waals surface area contributed by atoms with Crippen LogP contribution in [0.1, 0.15) is 46.2 Å². The number of ether oxygens (including phenoxy) is 1. The van der Waals surface area contributed by atoms with Gasteiger partial charge in [-0.15, -0.1) is 0 Å². The first-order valence-electron chi connectivity index (χ1n) is 8.47. The van der Waals surface area contributed by atoms with Gasteiger partial charge in [-0.1, -0.05) is 6.07 Å². The molecule has 1 heterocycles. The maximum absolute atomic E-state index is 11.9. The van der Waals surface area contributed by atoms with E-state index < -0.39 is 0 Å². The van der Waals surface area contributed by atoms with Gasteiger partial charge in [0.2, 0.25) is 5.95 Å². The molecule has 1 aromatic carbocycles. The van der Waals surface area contributed by atoms with E-state index in [0.29, 0.717) is 36.1 Å². The predicted octanol–water partition coefficient (Wildman–Crippen LogP) is 3.33. The van der Waals surface area contributed by atoms with Crippen LogP contribution in [0.5, 0.6) is 5.75 Å². The van der Waals surface area contributed by atoms with Crippen molar-refractivity contribution in [2.24, 2.45) is 0 Å². The summed E-state index contributed by atoms with van der Waals surface area (Å²) < 4.78 is 5.04. The van der Waals surface area contributed by atoms with Gasteiger partial charge >= 0.3 is 5.97 Å². The van der Waals surface area contributed by atoms with E-state index in [9.17, 15) is 9.90 Å². The number of hydrogen-bond donors (Lipinski definition) is 2. The van der Waals surface area contributed by atoms with Gasteiger partial charge in [0.25, 0.3) is 0 Å². The van der Waals surface area contributed by atoms with Crippen LogP contribution in [0.15, 0.2) is 18.2 Å². The fourth-order valence-electron chi connectivity index (χ4n) is 2.70. The van der Waals surface area contributed by atoms with Crippen molar-refractivity contribution in [1.82, 2.24) is 9.97 Å². The van der Waals surface area contributed by atoms with Gasteiger partial charge in [-0.3, -0.25) is 0 Å². The molecule has 0 radical (unpaired) electrons. The van der Waals surface area contributed by atoms with Crippen molar-refractivity contribution in [3.05, 3.63) is 46.3 Å². The molecule has 0 saturated heterocycles. The molecule has 134 valence electrons. The standard InChI is InChI=1S/C19H25N3O3/c1-5-25-18(24)17-13(3)21-19(22-14(17)4)20-10-6-7-15-11-16(23)9-8-12(15)2/h8-9,11,23H,5-7,10H2,1-4H3,(H,20,21,22). The maximum Gasteiger partial charge on any atom is 0.341 e. The third-order valence-corrected chi connectivity index (χ3v) is 3.99. The molecule has 0 fully saturated rings. The van der Waals surface area contributed by atoms with Gasteiger partial charge in [-0.25, -0.2) is 14.8 Å². The maximum atomic E-state index is 11.9. The summed E-state index contributed by atoms with van der Waals surface area (Å²) in [5, 5.41) is 12.8. The highest BCUT2D eigenvalue weighted by molar-refractivity contribution is 5.91. The van der Waals surface area contributed by atoms with E-state index in [4.69, 9.17) is 4.74 Å². The number of rotatable bonds is 7. The van der Waals surface area contributed by atoms with Gasteiger partial charge in [0, 0.05) is 6.54 Å². The number of hydrogen-bond acceptors (Lipinski definition) is 6. The Morgan fingerprint density at radius 1 is 1.20 bits per heavy atom. The fourth-order valence-corrected chi connectivity index (χ4v) is 2.70. The lowest BCUT2D eigenvalue weighted by molar-refractivity contribution is 0.0523. The summed E-state index contributed by atoms with van der Waals surface area (Å²) in [6.45, 7) is 8.39. The lowest BCUT2D eigenvalue weighted by Gasteiger charge is -2.11. The molecular formula is C19H25N3O3. The SMILES string of the molecule is CCOC(=O)c1c(C)nc(NCCCc2cc(O)ccc2C)nc1C. The Hall–Kier alpha value is -2.63. The van der Waals surface area contributed by atoms with Crippen molar-refractivity contribution in [2.75, 3.05) is 18.5 Å². The number of phenolic OH excluding ortho intramolecular Hbond substituents is 1. The first-order valence-corrected chi connectivity index (χ1v) is 8.47. The van der Waals surface area contributed by atoms with Crippen molar-refractivity contribution in [2.45, 2.75) is 40.5 Å². The Balaban J connectivity index is 1.95. The van der Waals surface area contributed by atoms with E-state index in [2.05, 4.69) is 15.3 Å². The summed E-state index contributed by atoms with van der Waals surface area (Å²) >= 11 is 0. The summed E-state index contributed by atoms with van der Waals surface area (Å²) in [6.07, 6.45) is 1.73. The Labute approximate surface area is 148 Å². The van der Waals surface area contributed by atoms with Gasteiger partial charge < -0.3 is 15.2 Å². The number of carbonyl (C=O) groups is 1. The minimum Gasteiger partial charge on any atom is -0.508 e. The number of nitrogens with one attached hydrogen (secondary N) is 1. The molecule has 0 aliphatic carbocycles. The van der Waals surface area contributed by atoms with Gasteiger partial charge in [0.15, 0.2) is 0 Å². The first-order chi connectivity index (χ1) is 11.9. The van der Waals surface area contributed by atoms with Crippen LogP contribution in [0.4, 0.5) is 5.95 Å². The van der Waals surface area contributed by atoms with E-state index in [-0.39, 0.29) is 11.7 Å². The molecule has 0 saturated carbocycles. The molecular weight excluding hydrogens is 318 g/mol. The second-order valence-electron chi connectivity index (χ2n) is 5.95. The summed E-state index contributed by atoms with van der Waals surface area (Å²) in [5.41, 5.74) is 3.95. The highest BCUT2D eigenvalue weighted by atomic mass is 16.5. The molecule has 25 heavy (non-hydrogen) atoms. The third-order valence-electron chi connectivity index (χ3n) is 3.99. The summed E-state index contributed by atoms with van der Waals surface area (Å²) in [4.78, 5) is 20.6. The number of carbonyl (C=O) groups excluding carboxylic acids is 1. The zero-order valence-electron chi connectivity index (χ0n) is 15.2. The van der Waals surface area contributed by atoms with Crippen LogP contribution < -0.4 is 5.32 Å². The van der Waals surface area contributed by atoms with E-state index >= 15 is 0 Å². The second kappa shape index (κ2) is 8.46. The monoisotopic (exact) mass is 343 g/mol. The van der Waals surface area contributed by atoms with Crippen LogP contribution >= 0.6 is 0 Å². The van der Waals surface area contributed by atoms with Crippen LogP contribution in [0.3, 0.4) is 0 Å². The number of anilines is 1. The summed E-state index contributed by atoms with van der Waals surface area (Å²) in [5.74, 6) is 0.414. The Morgan fingerprint density at radius 2 is 1.88 bits per heavy atom. The largest absolute Gasteiger partial charge is 0.508 e. The Bertz CT molecular complexity index is 737. The van der Waals surface area contributed by atoms with E-state index in [1.807, 2.05) is 13.0 Å². The molecule has 2 N–H and O–H groups in total. The summed E-state index contributed by atoms with van der Waals surface area (Å²) in [6, 6.07) is 5.41. The number of benzene rings is 1. The third kappa shape index (κ3) is 4.92. The Morgan fingerprint density at radius 3 is 2.52 bits per heavy atom. The van der Waals surface area contributed by atoms with Crippen molar-refractivity contribution in [1.29, 1.82) is 0 Å². The molecule has 0 atom stereocenters. The van der Waals surface area contributed by atoms with Crippen LogP contribution in [-0.2, 0) is 11.2 Å². The van der Waals surface area contributed by atoms with Crippen molar-refractivity contribution >= 4 is 11.9 Å². The fraction of sp³-hybridized carbons (Fsp3) is 0.421.